The van der Waals surface area contributed by atoms with Gasteiger partial charge in [0.05, 0.1) is 16.4 Å². The van der Waals surface area contributed by atoms with Gasteiger partial charge in [0.1, 0.15) is 5.82 Å². The van der Waals surface area contributed by atoms with Crippen molar-refractivity contribution in [2.75, 3.05) is 0 Å². The van der Waals surface area contributed by atoms with Gasteiger partial charge in [0.25, 0.3) is 0 Å². The van der Waals surface area contributed by atoms with Crippen molar-refractivity contribution in [3.05, 3.63) is 51.6 Å². The number of aromatic nitrogens is 2. The summed E-state index contributed by atoms with van der Waals surface area (Å²) >= 11 is 6.28. The predicted octanol–water partition coefficient (Wildman–Crippen LogP) is 4.16. The van der Waals surface area contributed by atoms with Crippen LogP contribution >= 0.6 is 11.6 Å². The quantitative estimate of drug-likeness (QED) is 0.898. The van der Waals surface area contributed by atoms with Crippen LogP contribution in [-0.2, 0) is 13.1 Å². The first-order valence-electron chi connectivity index (χ1n) is 7.15. The van der Waals surface area contributed by atoms with E-state index in [0.717, 1.165) is 23.5 Å². The Balaban J connectivity index is 2.10. The molecular weight excluding hydrogens is 289 g/mol. The lowest BCUT2D eigenvalue weighted by atomic mass is 10.1. The zero-order chi connectivity index (χ0) is 15.6. The number of nitrogens with one attached hydrogen (secondary N) is 1. The third-order valence-corrected chi connectivity index (χ3v) is 4.22. The standard InChI is InChI=1S/C16H21ClFN3/c1-5-21-15(16(17)12(4)20-21)9-19-11(3)13-7-6-10(2)14(18)8-13/h6-8,11,19H,5,9H2,1-4H3. The number of hydrogen-bond donors (Lipinski definition) is 1. The molecule has 0 amide bonds. The lowest BCUT2D eigenvalue weighted by Crippen LogP contribution is -2.20. The normalized spacial score (nSPS) is 12.7. The molecule has 0 bridgehead atoms. The van der Waals surface area contributed by atoms with Gasteiger partial charge in [-0.15, -0.1) is 0 Å². The lowest BCUT2D eigenvalue weighted by molar-refractivity contribution is 0.527. The maximum Gasteiger partial charge on any atom is 0.126 e. The second kappa shape index (κ2) is 6.58. The van der Waals surface area contributed by atoms with E-state index in [9.17, 15) is 4.39 Å². The Labute approximate surface area is 130 Å². The summed E-state index contributed by atoms with van der Waals surface area (Å²) in [5.41, 5.74) is 3.39. The van der Waals surface area contributed by atoms with Crippen LogP contribution in [0.15, 0.2) is 18.2 Å². The largest absolute Gasteiger partial charge is 0.305 e. The summed E-state index contributed by atoms with van der Waals surface area (Å²) < 4.78 is 15.5. The summed E-state index contributed by atoms with van der Waals surface area (Å²) in [5.74, 6) is -0.173. The van der Waals surface area contributed by atoms with Gasteiger partial charge in [-0.05, 0) is 44.9 Å². The van der Waals surface area contributed by atoms with Gasteiger partial charge in [-0.2, -0.15) is 5.10 Å². The lowest BCUT2D eigenvalue weighted by Gasteiger charge is -2.15. The van der Waals surface area contributed by atoms with Crippen molar-refractivity contribution in [3.63, 3.8) is 0 Å². The predicted molar refractivity (Wildman–Crippen MR) is 84.0 cm³/mol. The maximum atomic E-state index is 13.6. The highest BCUT2D eigenvalue weighted by molar-refractivity contribution is 6.31. The SMILES string of the molecule is CCn1nc(C)c(Cl)c1CNC(C)c1ccc(C)c(F)c1. The van der Waals surface area contributed by atoms with E-state index in [4.69, 9.17) is 11.6 Å². The third kappa shape index (κ3) is 3.44. The fraction of sp³-hybridized carbons (Fsp3) is 0.438. The molecular formula is C16H21ClFN3. The van der Waals surface area contributed by atoms with E-state index in [-0.39, 0.29) is 11.9 Å². The Hall–Kier alpha value is -1.39. The van der Waals surface area contributed by atoms with Crippen molar-refractivity contribution in [1.82, 2.24) is 15.1 Å². The molecule has 1 N–H and O–H groups in total. The number of rotatable bonds is 5. The number of aryl methyl sites for hydroxylation is 3. The Morgan fingerprint density at radius 1 is 1.38 bits per heavy atom. The minimum absolute atomic E-state index is 0.0386. The average Bonchev–Trinajstić information content (AvgIpc) is 2.74. The van der Waals surface area contributed by atoms with E-state index >= 15 is 0 Å². The summed E-state index contributed by atoms with van der Waals surface area (Å²) in [7, 11) is 0. The molecule has 0 aliphatic rings. The van der Waals surface area contributed by atoms with Crippen LogP contribution in [-0.4, -0.2) is 9.78 Å². The molecule has 2 rings (SSSR count). The van der Waals surface area contributed by atoms with Crippen LogP contribution < -0.4 is 5.32 Å². The van der Waals surface area contributed by atoms with Crippen LogP contribution in [0, 0.1) is 19.7 Å². The zero-order valence-corrected chi connectivity index (χ0v) is 13.6. The molecule has 0 fully saturated rings. The van der Waals surface area contributed by atoms with Crippen LogP contribution in [0.25, 0.3) is 0 Å². The van der Waals surface area contributed by atoms with Gasteiger partial charge in [0.2, 0.25) is 0 Å². The van der Waals surface area contributed by atoms with Crippen molar-refractivity contribution in [1.29, 1.82) is 0 Å². The molecule has 5 heteroatoms. The number of halogens is 2. The number of benzene rings is 1. The molecule has 0 spiro atoms. The molecule has 3 nitrogen and oxygen atoms in total. The van der Waals surface area contributed by atoms with Crippen molar-refractivity contribution < 1.29 is 4.39 Å². The van der Waals surface area contributed by atoms with Crippen LogP contribution in [0.1, 0.15) is 42.4 Å². The number of nitrogens with zero attached hydrogens (tertiary/aromatic N) is 2. The summed E-state index contributed by atoms with van der Waals surface area (Å²) in [6.07, 6.45) is 0. The van der Waals surface area contributed by atoms with Crippen LogP contribution in [0.5, 0.6) is 0 Å². The van der Waals surface area contributed by atoms with Crippen LogP contribution in [0.4, 0.5) is 4.39 Å². The summed E-state index contributed by atoms with van der Waals surface area (Å²) in [6.45, 7) is 9.08. The van der Waals surface area contributed by atoms with E-state index < -0.39 is 0 Å². The molecule has 0 radical (unpaired) electrons. The first-order valence-corrected chi connectivity index (χ1v) is 7.53. The van der Waals surface area contributed by atoms with E-state index in [1.165, 1.54) is 0 Å². The van der Waals surface area contributed by atoms with Gasteiger partial charge >= 0.3 is 0 Å². The summed E-state index contributed by atoms with van der Waals surface area (Å²) in [4.78, 5) is 0. The molecule has 114 valence electrons. The van der Waals surface area contributed by atoms with Gasteiger partial charge in [0, 0.05) is 19.1 Å². The fourth-order valence-electron chi connectivity index (χ4n) is 2.28. The van der Waals surface area contributed by atoms with Crippen LogP contribution in [0.2, 0.25) is 5.02 Å². The smallest absolute Gasteiger partial charge is 0.126 e. The van der Waals surface area contributed by atoms with E-state index in [1.54, 1.807) is 19.1 Å². The van der Waals surface area contributed by atoms with Gasteiger partial charge in [0.15, 0.2) is 0 Å². The maximum absolute atomic E-state index is 13.6. The van der Waals surface area contributed by atoms with Crippen molar-refractivity contribution in [3.8, 4) is 0 Å². The second-order valence-corrected chi connectivity index (χ2v) is 5.65. The van der Waals surface area contributed by atoms with Gasteiger partial charge in [-0.1, -0.05) is 23.7 Å². The molecule has 2 aromatic rings. The van der Waals surface area contributed by atoms with Gasteiger partial charge < -0.3 is 5.32 Å². The molecule has 1 atom stereocenters. The van der Waals surface area contributed by atoms with Crippen molar-refractivity contribution in [2.45, 2.75) is 46.8 Å². The Morgan fingerprint density at radius 3 is 2.71 bits per heavy atom. The highest BCUT2D eigenvalue weighted by Gasteiger charge is 2.14. The van der Waals surface area contributed by atoms with E-state index in [2.05, 4.69) is 10.4 Å². The Morgan fingerprint density at radius 2 is 2.10 bits per heavy atom. The molecule has 0 aliphatic heterocycles. The minimum atomic E-state index is -0.173. The second-order valence-electron chi connectivity index (χ2n) is 5.27. The highest BCUT2D eigenvalue weighted by atomic mass is 35.5. The first kappa shape index (κ1) is 16.0. The molecule has 21 heavy (non-hydrogen) atoms. The van der Waals surface area contributed by atoms with Gasteiger partial charge in [-0.3, -0.25) is 4.68 Å². The first-order chi connectivity index (χ1) is 9.93. The topological polar surface area (TPSA) is 29.9 Å². The van der Waals surface area contributed by atoms with Crippen LogP contribution in [0.3, 0.4) is 0 Å². The van der Waals surface area contributed by atoms with Gasteiger partial charge in [-0.25, -0.2) is 4.39 Å². The Kier molecular flexibility index (Phi) is 5.01. The Bertz CT molecular complexity index is 637. The zero-order valence-electron chi connectivity index (χ0n) is 12.9. The third-order valence-electron chi connectivity index (χ3n) is 3.72. The summed E-state index contributed by atoms with van der Waals surface area (Å²) in [5, 5.41) is 8.47. The average molecular weight is 310 g/mol. The summed E-state index contributed by atoms with van der Waals surface area (Å²) in [6, 6.07) is 5.37. The molecule has 0 saturated heterocycles. The van der Waals surface area contributed by atoms with Crippen molar-refractivity contribution >= 4 is 11.6 Å². The van der Waals surface area contributed by atoms with E-state index in [1.807, 2.05) is 31.5 Å². The molecule has 1 aromatic carbocycles. The molecule has 0 saturated carbocycles. The molecule has 1 unspecified atom stereocenters. The highest BCUT2D eigenvalue weighted by Crippen LogP contribution is 2.22. The number of hydrogen-bond acceptors (Lipinski definition) is 2. The van der Waals surface area contributed by atoms with E-state index in [0.29, 0.717) is 17.1 Å². The fourth-order valence-corrected chi connectivity index (χ4v) is 2.49. The monoisotopic (exact) mass is 309 g/mol. The molecule has 1 heterocycles. The molecule has 1 aromatic heterocycles. The minimum Gasteiger partial charge on any atom is -0.305 e. The molecule has 0 aliphatic carbocycles. The van der Waals surface area contributed by atoms with Crippen molar-refractivity contribution in [2.24, 2.45) is 0 Å².